The van der Waals surface area contributed by atoms with Crippen LogP contribution in [0.4, 0.5) is 0 Å². The van der Waals surface area contributed by atoms with Crippen LogP contribution in [0.2, 0.25) is 13.1 Å². The fraction of sp³-hybridized carbons (Fsp3) is 0.636. The van der Waals surface area contributed by atoms with Crippen LogP contribution in [0.1, 0.15) is 19.3 Å². The van der Waals surface area contributed by atoms with Crippen LogP contribution in [-0.4, -0.2) is 15.1 Å². The molecule has 0 amide bonds. The molecule has 1 aliphatic rings. The van der Waals surface area contributed by atoms with Gasteiger partial charge in [-0.2, -0.15) is 0 Å². The van der Waals surface area contributed by atoms with E-state index < -0.39 is 9.04 Å². The molecular formula is C11H18OSi. The van der Waals surface area contributed by atoms with Gasteiger partial charge in [0, 0.05) is 0 Å². The smallest absolute Gasteiger partial charge is 0.172 e. The molecule has 2 heteroatoms. The SMILES string of the molecule is C#CC(O[SiH](C)C)C1CC=CCC1. The monoisotopic (exact) mass is 194 g/mol. The summed E-state index contributed by atoms with van der Waals surface area (Å²) in [6, 6.07) is 0. The van der Waals surface area contributed by atoms with Gasteiger partial charge in [0.2, 0.25) is 0 Å². The number of hydrogen-bond donors (Lipinski definition) is 0. The molecule has 0 spiro atoms. The third kappa shape index (κ3) is 3.37. The molecule has 0 heterocycles. The highest BCUT2D eigenvalue weighted by Crippen LogP contribution is 2.23. The maximum atomic E-state index is 5.81. The van der Waals surface area contributed by atoms with Crippen LogP contribution in [0, 0.1) is 18.3 Å². The van der Waals surface area contributed by atoms with E-state index in [1.165, 1.54) is 6.42 Å². The van der Waals surface area contributed by atoms with Gasteiger partial charge in [-0.25, -0.2) is 0 Å². The highest BCUT2D eigenvalue weighted by molar-refractivity contribution is 6.48. The Hall–Kier alpha value is -0.523. The van der Waals surface area contributed by atoms with E-state index in [9.17, 15) is 0 Å². The Kier molecular flexibility index (Phi) is 4.27. The lowest BCUT2D eigenvalue weighted by Crippen LogP contribution is -2.27. The lowest BCUT2D eigenvalue weighted by atomic mass is 9.90. The zero-order valence-corrected chi connectivity index (χ0v) is 9.65. The Morgan fingerprint density at radius 2 is 2.31 bits per heavy atom. The van der Waals surface area contributed by atoms with Crippen molar-refractivity contribution < 1.29 is 4.43 Å². The fourth-order valence-corrected chi connectivity index (χ4v) is 2.56. The first-order valence-corrected chi connectivity index (χ1v) is 7.78. The molecular weight excluding hydrogens is 176 g/mol. The first kappa shape index (κ1) is 10.6. The minimum Gasteiger partial charge on any atom is -0.407 e. The first-order chi connectivity index (χ1) is 6.24. The lowest BCUT2D eigenvalue weighted by Gasteiger charge is -2.25. The summed E-state index contributed by atoms with van der Waals surface area (Å²) >= 11 is 0. The number of allylic oxidation sites excluding steroid dienone is 2. The molecule has 0 aromatic carbocycles. The van der Waals surface area contributed by atoms with Crippen molar-refractivity contribution in [3.8, 4) is 12.3 Å². The van der Waals surface area contributed by atoms with E-state index in [1.807, 2.05) is 0 Å². The third-order valence-electron chi connectivity index (χ3n) is 2.32. The van der Waals surface area contributed by atoms with Crippen molar-refractivity contribution in [2.45, 2.75) is 38.5 Å². The van der Waals surface area contributed by atoms with Gasteiger partial charge in [0.05, 0.1) is 0 Å². The molecule has 0 aliphatic heterocycles. The minimum absolute atomic E-state index is 0.0663. The topological polar surface area (TPSA) is 9.23 Å². The summed E-state index contributed by atoms with van der Waals surface area (Å²) in [6.07, 6.45) is 13.4. The maximum absolute atomic E-state index is 5.81. The minimum atomic E-state index is -0.984. The fourth-order valence-electron chi connectivity index (χ4n) is 1.67. The van der Waals surface area contributed by atoms with Crippen LogP contribution < -0.4 is 0 Å². The second kappa shape index (κ2) is 5.26. The second-order valence-corrected chi connectivity index (χ2v) is 6.19. The molecule has 0 saturated heterocycles. The summed E-state index contributed by atoms with van der Waals surface area (Å²) in [5, 5.41) is 0. The average Bonchev–Trinajstić information content (AvgIpc) is 2.15. The molecule has 1 rings (SSSR count). The van der Waals surface area contributed by atoms with E-state index in [0.29, 0.717) is 5.92 Å². The zero-order chi connectivity index (χ0) is 9.68. The maximum Gasteiger partial charge on any atom is 0.172 e. The molecule has 2 atom stereocenters. The number of hydrogen-bond acceptors (Lipinski definition) is 1. The lowest BCUT2D eigenvalue weighted by molar-refractivity contribution is 0.180. The van der Waals surface area contributed by atoms with Gasteiger partial charge in [0.15, 0.2) is 9.04 Å². The van der Waals surface area contributed by atoms with E-state index in [4.69, 9.17) is 10.8 Å². The van der Waals surface area contributed by atoms with Gasteiger partial charge in [0.1, 0.15) is 6.10 Å². The molecule has 0 N–H and O–H groups in total. The molecule has 1 aliphatic carbocycles. The van der Waals surface area contributed by atoms with Crippen molar-refractivity contribution in [2.24, 2.45) is 5.92 Å². The average molecular weight is 194 g/mol. The largest absolute Gasteiger partial charge is 0.407 e. The molecule has 0 radical (unpaired) electrons. The first-order valence-electron chi connectivity index (χ1n) is 5.00. The summed E-state index contributed by atoms with van der Waals surface area (Å²) in [6.45, 7) is 4.34. The summed E-state index contributed by atoms with van der Waals surface area (Å²) in [5.74, 6) is 3.34. The Morgan fingerprint density at radius 3 is 2.77 bits per heavy atom. The Morgan fingerprint density at radius 1 is 1.54 bits per heavy atom. The Balaban J connectivity index is 2.46. The summed E-state index contributed by atoms with van der Waals surface area (Å²) < 4.78 is 5.81. The number of rotatable bonds is 3. The van der Waals surface area contributed by atoms with E-state index in [0.717, 1.165) is 12.8 Å². The summed E-state index contributed by atoms with van der Waals surface area (Å²) in [4.78, 5) is 0. The van der Waals surface area contributed by atoms with Crippen molar-refractivity contribution in [1.29, 1.82) is 0 Å². The normalized spacial score (nSPS) is 24.3. The van der Waals surface area contributed by atoms with Crippen molar-refractivity contribution in [3.05, 3.63) is 12.2 Å². The van der Waals surface area contributed by atoms with E-state index >= 15 is 0 Å². The van der Waals surface area contributed by atoms with Gasteiger partial charge < -0.3 is 4.43 Å². The molecule has 0 fully saturated rings. The van der Waals surface area contributed by atoms with Gasteiger partial charge in [-0.05, 0) is 38.3 Å². The van der Waals surface area contributed by atoms with Crippen LogP contribution in [0.15, 0.2) is 12.2 Å². The zero-order valence-electron chi connectivity index (χ0n) is 8.49. The van der Waals surface area contributed by atoms with Gasteiger partial charge in [-0.1, -0.05) is 18.1 Å². The van der Waals surface area contributed by atoms with E-state index in [1.54, 1.807) is 0 Å². The molecule has 72 valence electrons. The molecule has 1 nitrogen and oxygen atoms in total. The predicted molar refractivity (Wildman–Crippen MR) is 59.1 cm³/mol. The van der Waals surface area contributed by atoms with Gasteiger partial charge in [0.25, 0.3) is 0 Å². The molecule has 2 unspecified atom stereocenters. The molecule has 0 saturated carbocycles. The molecule has 0 aromatic rings. The summed E-state index contributed by atoms with van der Waals surface area (Å²) in [5.41, 5.74) is 0. The predicted octanol–water partition coefficient (Wildman–Crippen LogP) is 2.34. The van der Waals surface area contributed by atoms with Crippen LogP contribution >= 0.6 is 0 Å². The Bertz CT molecular complexity index is 215. The van der Waals surface area contributed by atoms with Crippen LogP contribution in [0.3, 0.4) is 0 Å². The van der Waals surface area contributed by atoms with E-state index in [-0.39, 0.29) is 6.10 Å². The standard InChI is InChI=1S/C11H18OSi/c1-4-11(12-13(2)3)10-8-6-5-7-9-10/h1,5-6,10-11,13H,7-9H2,2-3H3. The highest BCUT2D eigenvalue weighted by atomic mass is 28.3. The van der Waals surface area contributed by atoms with Crippen LogP contribution in [-0.2, 0) is 4.43 Å². The molecule has 13 heavy (non-hydrogen) atoms. The Labute approximate surface area is 82.9 Å². The van der Waals surface area contributed by atoms with Crippen molar-refractivity contribution in [2.75, 3.05) is 0 Å². The van der Waals surface area contributed by atoms with Gasteiger partial charge in [-0.3, -0.25) is 0 Å². The second-order valence-electron chi connectivity index (χ2n) is 3.82. The van der Waals surface area contributed by atoms with Crippen LogP contribution in [0.25, 0.3) is 0 Å². The molecule has 0 aromatic heterocycles. The quantitative estimate of drug-likeness (QED) is 0.381. The third-order valence-corrected chi connectivity index (χ3v) is 3.16. The summed E-state index contributed by atoms with van der Waals surface area (Å²) in [7, 11) is -0.984. The van der Waals surface area contributed by atoms with Gasteiger partial charge >= 0.3 is 0 Å². The van der Waals surface area contributed by atoms with Crippen molar-refractivity contribution in [3.63, 3.8) is 0 Å². The number of terminal acetylenes is 1. The van der Waals surface area contributed by atoms with Crippen LogP contribution in [0.5, 0.6) is 0 Å². The highest BCUT2D eigenvalue weighted by Gasteiger charge is 2.21. The van der Waals surface area contributed by atoms with Crippen molar-refractivity contribution >= 4 is 9.04 Å². The van der Waals surface area contributed by atoms with Gasteiger partial charge in [-0.15, -0.1) is 6.42 Å². The van der Waals surface area contributed by atoms with E-state index in [2.05, 4.69) is 31.2 Å². The molecule has 0 bridgehead atoms. The van der Waals surface area contributed by atoms with Crippen molar-refractivity contribution in [1.82, 2.24) is 0 Å².